The van der Waals surface area contributed by atoms with E-state index in [1.54, 1.807) is 18.7 Å². The van der Waals surface area contributed by atoms with E-state index >= 15 is 0 Å². The van der Waals surface area contributed by atoms with E-state index in [-0.39, 0.29) is 24.2 Å². The van der Waals surface area contributed by atoms with E-state index in [4.69, 9.17) is 0 Å². The molecule has 0 saturated carbocycles. The first-order chi connectivity index (χ1) is 11.7. The van der Waals surface area contributed by atoms with E-state index < -0.39 is 10.5 Å². The first-order valence-electron chi connectivity index (χ1n) is 8.93. The molecule has 1 amide bonds. The molecule has 1 atom stereocenters. The summed E-state index contributed by atoms with van der Waals surface area (Å²) in [4.78, 5) is 24.8. The summed E-state index contributed by atoms with van der Waals surface area (Å²) >= 11 is 0. The van der Waals surface area contributed by atoms with Crippen molar-refractivity contribution in [3.63, 3.8) is 0 Å². The normalized spacial score (nSPS) is 12.7. The molecule has 6 nitrogen and oxygen atoms in total. The monoisotopic (exact) mass is 350 g/mol. The molecule has 1 N–H and O–H groups in total. The molecule has 0 unspecified atom stereocenters. The van der Waals surface area contributed by atoms with Gasteiger partial charge in [0.1, 0.15) is 0 Å². The fourth-order valence-electron chi connectivity index (χ4n) is 2.76. The zero-order valence-electron chi connectivity index (χ0n) is 15.7. The molecule has 0 aliphatic rings. The Bertz CT molecular complexity index is 564. The lowest BCUT2D eigenvalue weighted by molar-refractivity contribution is -0.384. The summed E-state index contributed by atoms with van der Waals surface area (Å²) in [7, 11) is 0. The zero-order valence-corrected chi connectivity index (χ0v) is 15.7. The van der Waals surface area contributed by atoms with E-state index in [0.717, 1.165) is 25.7 Å². The van der Waals surface area contributed by atoms with Gasteiger partial charge < -0.3 is 10.0 Å². The Morgan fingerprint density at radius 1 is 1.24 bits per heavy atom. The summed E-state index contributed by atoms with van der Waals surface area (Å²) in [5.41, 5.74) is -0.651. The number of benzene rings is 1. The van der Waals surface area contributed by atoms with Crippen LogP contribution in [-0.4, -0.2) is 39.0 Å². The third kappa shape index (κ3) is 7.22. The molecule has 0 aromatic heterocycles. The molecule has 140 valence electrons. The maximum atomic E-state index is 12.9. The average Bonchev–Trinajstić information content (AvgIpc) is 2.55. The standard InChI is InChI=1S/C19H30N2O4/c1-5-6-7-8-9-15(2)20(14-19(3,4)23)18(22)16-10-12-17(13-11-16)21(24)25/h10-13,15,23H,5-9,14H2,1-4H3/t15-/m1/s1. The smallest absolute Gasteiger partial charge is 0.269 e. The van der Waals surface area contributed by atoms with Gasteiger partial charge in [0.05, 0.1) is 10.5 Å². The third-order valence-electron chi connectivity index (χ3n) is 4.15. The van der Waals surface area contributed by atoms with Gasteiger partial charge in [0.15, 0.2) is 0 Å². The van der Waals surface area contributed by atoms with Crippen molar-refractivity contribution in [2.75, 3.05) is 6.54 Å². The van der Waals surface area contributed by atoms with Crippen molar-refractivity contribution in [3.8, 4) is 0 Å². The Morgan fingerprint density at radius 3 is 2.32 bits per heavy atom. The van der Waals surface area contributed by atoms with Crippen LogP contribution < -0.4 is 0 Å². The van der Waals surface area contributed by atoms with E-state index in [1.807, 2.05) is 6.92 Å². The van der Waals surface area contributed by atoms with Crippen LogP contribution in [0.1, 0.15) is 70.2 Å². The number of unbranched alkanes of at least 4 members (excludes halogenated alkanes) is 3. The first-order valence-corrected chi connectivity index (χ1v) is 8.93. The van der Waals surface area contributed by atoms with Gasteiger partial charge in [0.25, 0.3) is 11.6 Å². The molecule has 25 heavy (non-hydrogen) atoms. The molecular formula is C19H30N2O4. The molecule has 0 heterocycles. The van der Waals surface area contributed by atoms with Gasteiger partial charge in [-0.3, -0.25) is 14.9 Å². The molecule has 1 rings (SSSR count). The van der Waals surface area contributed by atoms with Crippen molar-refractivity contribution in [2.45, 2.75) is 71.4 Å². The van der Waals surface area contributed by atoms with Crippen molar-refractivity contribution >= 4 is 11.6 Å². The highest BCUT2D eigenvalue weighted by molar-refractivity contribution is 5.94. The fourth-order valence-corrected chi connectivity index (χ4v) is 2.76. The molecule has 0 fully saturated rings. The minimum Gasteiger partial charge on any atom is -0.389 e. The summed E-state index contributed by atoms with van der Waals surface area (Å²) in [6.07, 6.45) is 5.36. The number of hydrogen-bond donors (Lipinski definition) is 1. The fraction of sp³-hybridized carbons (Fsp3) is 0.632. The second-order valence-corrected chi connectivity index (χ2v) is 7.25. The minimum absolute atomic E-state index is 0.00836. The van der Waals surface area contributed by atoms with Gasteiger partial charge in [-0.2, -0.15) is 0 Å². The van der Waals surface area contributed by atoms with Crippen molar-refractivity contribution in [3.05, 3.63) is 39.9 Å². The van der Waals surface area contributed by atoms with Crippen molar-refractivity contribution < 1.29 is 14.8 Å². The topological polar surface area (TPSA) is 83.7 Å². The van der Waals surface area contributed by atoms with E-state index in [1.165, 1.54) is 30.7 Å². The van der Waals surface area contributed by atoms with Crippen LogP contribution in [0, 0.1) is 10.1 Å². The lowest BCUT2D eigenvalue weighted by Gasteiger charge is -2.34. The molecule has 1 aromatic rings. The maximum Gasteiger partial charge on any atom is 0.269 e. The number of nitrogens with zero attached hydrogens (tertiary/aromatic N) is 2. The van der Waals surface area contributed by atoms with Crippen LogP contribution >= 0.6 is 0 Å². The molecular weight excluding hydrogens is 320 g/mol. The lowest BCUT2D eigenvalue weighted by atomic mass is 10.0. The molecule has 6 heteroatoms. The van der Waals surface area contributed by atoms with Gasteiger partial charge in [-0.1, -0.05) is 32.6 Å². The number of carbonyl (C=O) groups is 1. The van der Waals surface area contributed by atoms with Crippen LogP contribution in [0.5, 0.6) is 0 Å². The number of aliphatic hydroxyl groups is 1. The summed E-state index contributed by atoms with van der Waals surface area (Å²) in [5, 5.41) is 20.9. The number of amides is 1. The Labute approximate surface area is 150 Å². The number of rotatable bonds is 10. The highest BCUT2D eigenvalue weighted by Gasteiger charge is 2.27. The minimum atomic E-state index is -1.01. The molecule has 1 aromatic carbocycles. The van der Waals surface area contributed by atoms with Crippen LogP contribution in [0.2, 0.25) is 0 Å². The van der Waals surface area contributed by atoms with Crippen LogP contribution in [-0.2, 0) is 0 Å². The van der Waals surface area contributed by atoms with Crippen LogP contribution in [0.3, 0.4) is 0 Å². The SMILES string of the molecule is CCCCCC[C@@H](C)N(CC(C)(C)O)C(=O)c1ccc([N+](=O)[O-])cc1. The van der Waals surface area contributed by atoms with Gasteiger partial charge in [-0.25, -0.2) is 0 Å². The highest BCUT2D eigenvalue weighted by Crippen LogP contribution is 2.19. The number of hydrogen-bond acceptors (Lipinski definition) is 4. The van der Waals surface area contributed by atoms with Crippen LogP contribution in [0.15, 0.2) is 24.3 Å². The number of nitro benzene ring substituents is 1. The van der Waals surface area contributed by atoms with E-state index in [0.29, 0.717) is 5.56 Å². The summed E-state index contributed by atoms with van der Waals surface area (Å²) < 4.78 is 0. The number of nitro groups is 1. The molecule has 0 aliphatic heterocycles. The molecule has 0 aliphatic carbocycles. The summed E-state index contributed by atoms with van der Waals surface area (Å²) in [6.45, 7) is 7.71. The van der Waals surface area contributed by atoms with Crippen molar-refractivity contribution in [1.82, 2.24) is 4.90 Å². The Balaban J connectivity index is 2.89. The summed E-state index contributed by atoms with van der Waals surface area (Å²) in [5.74, 6) is -0.208. The lowest BCUT2D eigenvalue weighted by Crippen LogP contribution is -2.46. The van der Waals surface area contributed by atoms with Crippen LogP contribution in [0.25, 0.3) is 0 Å². The Kier molecular flexibility index (Phi) is 8.03. The van der Waals surface area contributed by atoms with Gasteiger partial charge in [0.2, 0.25) is 0 Å². The van der Waals surface area contributed by atoms with Crippen molar-refractivity contribution in [2.24, 2.45) is 0 Å². The number of carbonyl (C=O) groups excluding carboxylic acids is 1. The zero-order chi connectivity index (χ0) is 19.0. The second-order valence-electron chi connectivity index (χ2n) is 7.25. The first kappa shape index (κ1) is 21.1. The predicted octanol–water partition coefficient (Wildman–Crippen LogP) is 4.17. The third-order valence-corrected chi connectivity index (χ3v) is 4.15. The summed E-state index contributed by atoms with van der Waals surface area (Å²) in [6, 6.07) is 5.61. The quantitative estimate of drug-likeness (QED) is 0.390. The van der Waals surface area contributed by atoms with Crippen molar-refractivity contribution in [1.29, 1.82) is 0 Å². The Hall–Kier alpha value is -1.95. The molecule has 0 saturated heterocycles. The van der Waals surface area contributed by atoms with Gasteiger partial charge in [-0.05, 0) is 39.3 Å². The van der Waals surface area contributed by atoms with Crippen LogP contribution in [0.4, 0.5) is 5.69 Å². The molecule has 0 radical (unpaired) electrons. The molecule has 0 bridgehead atoms. The van der Waals surface area contributed by atoms with Gasteiger partial charge in [0, 0.05) is 30.3 Å². The van der Waals surface area contributed by atoms with E-state index in [2.05, 4.69) is 6.92 Å². The van der Waals surface area contributed by atoms with Gasteiger partial charge >= 0.3 is 0 Å². The average molecular weight is 350 g/mol. The largest absolute Gasteiger partial charge is 0.389 e. The Morgan fingerprint density at radius 2 is 1.84 bits per heavy atom. The maximum absolute atomic E-state index is 12.9. The van der Waals surface area contributed by atoms with Gasteiger partial charge in [-0.15, -0.1) is 0 Å². The van der Waals surface area contributed by atoms with E-state index in [9.17, 15) is 20.0 Å². The number of non-ortho nitro benzene ring substituents is 1. The second kappa shape index (κ2) is 9.51. The predicted molar refractivity (Wildman–Crippen MR) is 98.7 cm³/mol. The highest BCUT2D eigenvalue weighted by atomic mass is 16.6. The molecule has 0 spiro atoms.